The van der Waals surface area contributed by atoms with Gasteiger partial charge in [0.2, 0.25) is 5.91 Å². The number of nitrogens with one attached hydrogen (secondary N) is 2. The SMILES string of the molecule is C=CCn1c(SCC(=O)Nc2ccc(Br)cc2)nnc1[C@H](C)NC(=O)c1ccc(Cl)cc1. The lowest BCUT2D eigenvalue weighted by Crippen LogP contribution is -2.28. The quantitative estimate of drug-likeness (QED) is 0.294. The number of carbonyl (C=O) groups excluding carboxylic acids is 2. The molecule has 0 aliphatic rings. The average Bonchev–Trinajstić information content (AvgIpc) is 3.17. The van der Waals surface area contributed by atoms with Gasteiger partial charge in [0.25, 0.3) is 5.91 Å². The maximum absolute atomic E-state index is 12.5. The van der Waals surface area contributed by atoms with E-state index in [9.17, 15) is 9.59 Å². The van der Waals surface area contributed by atoms with Crippen molar-refractivity contribution >= 4 is 56.8 Å². The number of nitrogens with zero attached hydrogens (tertiary/aromatic N) is 3. The van der Waals surface area contributed by atoms with Crippen LogP contribution in [0, 0.1) is 0 Å². The smallest absolute Gasteiger partial charge is 0.251 e. The van der Waals surface area contributed by atoms with Crippen LogP contribution in [0.5, 0.6) is 0 Å². The fraction of sp³-hybridized carbons (Fsp3) is 0.182. The summed E-state index contributed by atoms with van der Waals surface area (Å²) >= 11 is 10.5. The Morgan fingerprint density at radius 1 is 1.19 bits per heavy atom. The highest BCUT2D eigenvalue weighted by atomic mass is 79.9. The van der Waals surface area contributed by atoms with E-state index in [4.69, 9.17) is 11.6 Å². The first-order chi connectivity index (χ1) is 15.4. The molecule has 0 bridgehead atoms. The summed E-state index contributed by atoms with van der Waals surface area (Å²) in [6.07, 6.45) is 1.71. The number of halogens is 2. The maximum atomic E-state index is 12.5. The Morgan fingerprint density at radius 3 is 2.53 bits per heavy atom. The van der Waals surface area contributed by atoms with Crippen molar-refractivity contribution in [3.63, 3.8) is 0 Å². The molecule has 0 aliphatic heterocycles. The van der Waals surface area contributed by atoms with Gasteiger partial charge in [-0.05, 0) is 55.5 Å². The molecule has 0 spiro atoms. The molecule has 166 valence electrons. The monoisotopic (exact) mass is 533 g/mol. The molecule has 32 heavy (non-hydrogen) atoms. The van der Waals surface area contributed by atoms with Gasteiger partial charge in [0.05, 0.1) is 11.8 Å². The molecule has 1 atom stereocenters. The van der Waals surface area contributed by atoms with Crippen molar-refractivity contribution in [2.75, 3.05) is 11.1 Å². The van der Waals surface area contributed by atoms with Gasteiger partial charge in [0.1, 0.15) is 0 Å². The molecule has 1 heterocycles. The summed E-state index contributed by atoms with van der Waals surface area (Å²) in [5.74, 6) is 0.334. The van der Waals surface area contributed by atoms with E-state index in [1.165, 1.54) is 11.8 Å². The van der Waals surface area contributed by atoms with Crippen LogP contribution in [-0.2, 0) is 11.3 Å². The van der Waals surface area contributed by atoms with Crippen molar-refractivity contribution in [3.8, 4) is 0 Å². The van der Waals surface area contributed by atoms with Crippen LogP contribution in [0.25, 0.3) is 0 Å². The standard InChI is InChI=1S/C22H21BrClN5O2S/c1-3-12-29-20(14(2)25-21(31)15-4-8-17(24)9-5-15)27-28-22(29)32-13-19(30)26-18-10-6-16(23)7-11-18/h3-11,14H,1,12-13H2,2H3,(H,25,31)(H,26,30)/t14-/m0/s1. The fourth-order valence-corrected chi connectivity index (χ4v) is 3.98. The fourth-order valence-electron chi connectivity index (χ4n) is 2.83. The van der Waals surface area contributed by atoms with Crippen molar-refractivity contribution in [1.82, 2.24) is 20.1 Å². The molecule has 0 saturated carbocycles. The molecule has 0 aliphatic carbocycles. The van der Waals surface area contributed by atoms with Crippen LogP contribution in [0.15, 0.2) is 70.8 Å². The van der Waals surface area contributed by atoms with Crippen LogP contribution in [0.1, 0.15) is 29.1 Å². The minimum absolute atomic E-state index is 0.156. The lowest BCUT2D eigenvalue weighted by molar-refractivity contribution is -0.113. The minimum Gasteiger partial charge on any atom is -0.342 e. The van der Waals surface area contributed by atoms with E-state index < -0.39 is 6.04 Å². The second kappa shape index (κ2) is 11.3. The molecule has 0 unspecified atom stereocenters. The van der Waals surface area contributed by atoms with E-state index in [1.54, 1.807) is 30.3 Å². The summed E-state index contributed by atoms with van der Waals surface area (Å²) in [5.41, 5.74) is 1.21. The number of amides is 2. The topological polar surface area (TPSA) is 88.9 Å². The number of allylic oxidation sites excluding steroid dienone is 1. The first-order valence-corrected chi connectivity index (χ1v) is 11.8. The Kier molecular flexibility index (Phi) is 8.49. The highest BCUT2D eigenvalue weighted by Crippen LogP contribution is 2.22. The molecule has 2 N–H and O–H groups in total. The third kappa shape index (κ3) is 6.44. The van der Waals surface area contributed by atoms with E-state index in [0.717, 1.165) is 4.47 Å². The van der Waals surface area contributed by atoms with Gasteiger partial charge < -0.3 is 15.2 Å². The van der Waals surface area contributed by atoms with Gasteiger partial charge in [-0.1, -0.05) is 45.4 Å². The Hall–Kier alpha value is -2.62. The van der Waals surface area contributed by atoms with E-state index in [-0.39, 0.29) is 17.6 Å². The van der Waals surface area contributed by atoms with Crippen molar-refractivity contribution in [2.24, 2.45) is 0 Å². The lowest BCUT2D eigenvalue weighted by atomic mass is 10.2. The Balaban J connectivity index is 1.65. The van der Waals surface area contributed by atoms with Gasteiger partial charge in [-0.2, -0.15) is 0 Å². The first kappa shape index (κ1) is 24.0. The molecule has 0 saturated heterocycles. The van der Waals surface area contributed by atoms with Crippen LogP contribution in [-0.4, -0.2) is 32.3 Å². The van der Waals surface area contributed by atoms with Gasteiger partial charge in [0, 0.05) is 27.3 Å². The van der Waals surface area contributed by atoms with Crippen LogP contribution >= 0.6 is 39.3 Å². The van der Waals surface area contributed by atoms with Gasteiger partial charge in [0.15, 0.2) is 11.0 Å². The largest absolute Gasteiger partial charge is 0.342 e. The summed E-state index contributed by atoms with van der Waals surface area (Å²) in [4.78, 5) is 24.9. The van der Waals surface area contributed by atoms with Crippen LogP contribution in [0.2, 0.25) is 5.02 Å². The number of thioether (sulfide) groups is 1. The van der Waals surface area contributed by atoms with Crippen LogP contribution < -0.4 is 10.6 Å². The molecule has 0 fully saturated rings. The summed E-state index contributed by atoms with van der Waals surface area (Å²) in [7, 11) is 0. The number of hydrogen-bond donors (Lipinski definition) is 2. The molecular formula is C22H21BrClN5O2S. The van der Waals surface area contributed by atoms with E-state index >= 15 is 0 Å². The number of rotatable bonds is 9. The Bertz CT molecular complexity index is 1100. The molecule has 2 amide bonds. The van der Waals surface area contributed by atoms with Gasteiger partial charge in [-0.15, -0.1) is 16.8 Å². The van der Waals surface area contributed by atoms with Crippen molar-refractivity contribution < 1.29 is 9.59 Å². The third-order valence-electron chi connectivity index (χ3n) is 4.36. The second-order valence-electron chi connectivity index (χ2n) is 6.79. The third-order valence-corrected chi connectivity index (χ3v) is 6.11. The highest BCUT2D eigenvalue weighted by molar-refractivity contribution is 9.10. The Labute approximate surface area is 203 Å². The minimum atomic E-state index is -0.406. The summed E-state index contributed by atoms with van der Waals surface area (Å²) in [6, 6.07) is 13.6. The molecule has 3 rings (SSSR count). The van der Waals surface area contributed by atoms with Gasteiger partial charge >= 0.3 is 0 Å². The zero-order valence-electron chi connectivity index (χ0n) is 17.2. The van der Waals surface area contributed by atoms with Gasteiger partial charge in [-0.3, -0.25) is 9.59 Å². The average molecular weight is 535 g/mol. The highest BCUT2D eigenvalue weighted by Gasteiger charge is 2.20. The number of benzene rings is 2. The van der Waals surface area contributed by atoms with Gasteiger partial charge in [-0.25, -0.2) is 0 Å². The summed E-state index contributed by atoms with van der Waals surface area (Å²) in [5, 5.41) is 15.3. The van der Waals surface area contributed by atoms with Crippen molar-refractivity contribution in [3.05, 3.63) is 82.1 Å². The van der Waals surface area contributed by atoms with Crippen LogP contribution in [0.4, 0.5) is 5.69 Å². The molecule has 7 nitrogen and oxygen atoms in total. The van der Waals surface area contributed by atoms with Crippen molar-refractivity contribution in [2.45, 2.75) is 24.7 Å². The number of anilines is 1. The number of aromatic nitrogens is 3. The van der Waals surface area contributed by atoms with Crippen LogP contribution in [0.3, 0.4) is 0 Å². The molecular weight excluding hydrogens is 514 g/mol. The molecule has 2 aromatic carbocycles. The molecule has 10 heteroatoms. The van der Waals surface area contributed by atoms with E-state index in [2.05, 4.69) is 43.3 Å². The zero-order chi connectivity index (χ0) is 23.1. The summed E-state index contributed by atoms with van der Waals surface area (Å²) in [6.45, 7) is 6.05. The zero-order valence-corrected chi connectivity index (χ0v) is 20.4. The molecule has 3 aromatic rings. The molecule has 0 radical (unpaired) electrons. The maximum Gasteiger partial charge on any atom is 0.251 e. The number of hydrogen-bond acceptors (Lipinski definition) is 5. The van der Waals surface area contributed by atoms with Crippen molar-refractivity contribution in [1.29, 1.82) is 0 Å². The normalized spacial score (nSPS) is 11.6. The number of carbonyl (C=O) groups is 2. The van der Waals surface area contributed by atoms with E-state index in [0.29, 0.717) is 33.8 Å². The van der Waals surface area contributed by atoms with E-state index in [1.807, 2.05) is 35.8 Å². The Morgan fingerprint density at radius 2 is 1.88 bits per heavy atom. The first-order valence-electron chi connectivity index (χ1n) is 9.66. The predicted octanol–water partition coefficient (Wildman–Crippen LogP) is 5.10. The second-order valence-corrected chi connectivity index (χ2v) is 9.08. The summed E-state index contributed by atoms with van der Waals surface area (Å²) < 4.78 is 2.77. The lowest BCUT2D eigenvalue weighted by Gasteiger charge is -2.15. The molecule has 1 aromatic heterocycles. The predicted molar refractivity (Wildman–Crippen MR) is 131 cm³/mol.